The Morgan fingerprint density at radius 3 is 3.00 bits per heavy atom. The van der Waals surface area contributed by atoms with Gasteiger partial charge >= 0.3 is 0 Å². The zero-order chi connectivity index (χ0) is 13.1. The summed E-state index contributed by atoms with van der Waals surface area (Å²) >= 11 is 0. The lowest BCUT2D eigenvalue weighted by Gasteiger charge is -2.30. The number of carbonyl (C=O) groups is 1. The lowest BCUT2D eigenvalue weighted by Crippen LogP contribution is -2.42. The van der Waals surface area contributed by atoms with Crippen molar-refractivity contribution in [2.24, 2.45) is 0 Å². The number of methoxy groups -OCH3 is 1. The van der Waals surface area contributed by atoms with Crippen LogP contribution in [0.15, 0.2) is 18.2 Å². The van der Waals surface area contributed by atoms with E-state index in [1.165, 1.54) is 0 Å². The normalized spacial score (nSPS) is 19.7. The number of benzene rings is 1. The number of hydrogen-bond acceptors (Lipinski definition) is 4. The Bertz CT molecular complexity index is 448. The number of β-amino-alcohol motifs (C(OH)–C–C–N with tert-alkyl or cyclic N) is 1. The van der Waals surface area contributed by atoms with Gasteiger partial charge in [0.05, 0.1) is 18.8 Å². The summed E-state index contributed by atoms with van der Waals surface area (Å²) in [6.45, 7) is 1.03. The minimum absolute atomic E-state index is 0.148. The van der Waals surface area contributed by atoms with Gasteiger partial charge < -0.3 is 20.5 Å². The predicted octanol–water partition coefficient (Wildman–Crippen LogP) is 0.874. The Balaban J connectivity index is 2.22. The highest BCUT2D eigenvalue weighted by molar-refractivity contribution is 5.99. The summed E-state index contributed by atoms with van der Waals surface area (Å²) in [5, 5.41) is 9.60. The van der Waals surface area contributed by atoms with Crippen LogP contribution in [0.3, 0.4) is 0 Å². The first kappa shape index (κ1) is 12.7. The van der Waals surface area contributed by atoms with E-state index in [0.29, 0.717) is 30.1 Å². The fourth-order valence-electron chi connectivity index (χ4n) is 2.16. The summed E-state index contributed by atoms with van der Waals surface area (Å²) in [6, 6.07) is 5.02. The standard InChI is InChI=1S/C13H18N2O3/c1-18-10-4-5-12(14)11(7-10)13(17)15-6-2-3-9(16)8-15/h4-5,7,9,16H,2-3,6,8,14H2,1H3. The molecular formula is C13H18N2O3. The molecule has 0 spiro atoms. The molecule has 0 radical (unpaired) electrons. The third-order valence-electron chi connectivity index (χ3n) is 3.17. The molecule has 0 aromatic heterocycles. The highest BCUT2D eigenvalue weighted by Gasteiger charge is 2.24. The number of hydrogen-bond donors (Lipinski definition) is 2. The van der Waals surface area contributed by atoms with E-state index in [9.17, 15) is 9.90 Å². The lowest BCUT2D eigenvalue weighted by molar-refractivity contribution is 0.0474. The number of amides is 1. The summed E-state index contributed by atoms with van der Waals surface area (Å²) in [7, 11) is 1.55. The third-order valence-corrected chi connectivity index (χ3v) is 3.17. The number of aliphatic hydroxyl groups excluding tert-OH is 1. The number of nitrogen functional groups attached to an aromatic ring is 1. The zero-order valence-corrected chi connectivity index (χ0v) is 10.4. The molecular weight excluding hydrogens is 232 g/mol. The smallest absolute Gasteiger partial charge is 0.256 e. The molecule has 2 rings (SSSR count). The first-order valence-electron chi connectivity index (χ1n) is 6.02. The molecule has 0 aliphatic carbocycles. The Morgan fingerprint density at radius 1 is 1.56 bits per heavy atom. The molecule has 1 aliphatic rings. The first-order chi connectivity index (χ1) is 8.61. The highest BCUT2D eigenvalue weighted by atomic mass is 16.5. The Labute approximate surface area is 106 Å². The van der Waals surface area contributed by atoms with E-state index in [2.05, 4.69) is 0 Å². The highest BCUT2D eigenvalue weighted by Crippen LogP contribution is 2.22. The van der Waals surface area contributed by atoms with Crippen LogP contribution in [0.1, 0.15) is 23.2 Å². The molecule has 3 N–H and O–H groups in total. The van der Waals surface area contributed by atoms with Gasteiger partial charge in [-0.2, -0.15) is 0 Å². The quantitative estimate of drug-likeness (QED) is 0.764. The fraction of sp³-hybridized carbons (Fsp3) is 0.462. The number of carbonyl (C=O) groups excluding carboxylic acids is 1. The number of rotatable bonds is 2. The molecule has 1 unspecified atom stereocenters. The summed E-state index contributed by atoms with van der Waals surface area (Å²) < 4.78 is 5.09. The van der Waals surface area contributed by atoms with Crippen LogP contribution in [-0.4, -0.2) is 42.2 Å². The van der Waals surface area contributed by atoms with E-state index in [0.717, 1.165) is 12.8 Å². The van der Waals surface area contributed by atoms with E-state index in [-0.39, 0.29) is 5.91 Å². The van der Waals surface area contributed by atoms with Crippen molar-refractivity contribution in [1.82, 2.24) is 4.90 Å². The Morgan fingerprint density at radius 2 is 2.33 bits per heavy atom. The molecule has 18 heavy (non-hydrogen) atoms. The molecule has 1 fully saturated rings. The SMILES string of the molecule is COc1ccc(N)c(C(=O)N2CCCC(O)C2)c1. The van der Waals surface area contributed by atoms with E-state index < -0.39 is 6.10 Å². The van der Waals surface area contributed by atoms with Gasteiger partial charge in [-0.3, -0.25) is 4.79 Å². The minimum Gasteiger partial charge on any atom is -0.497 e. The van der Waals surface area contributed by atoms with Crippen LogP contribution in [0.25, 0.3) is 0 Å². The summed E-state index contributed by atoms with van der Waals surface area (Å²) in [4.78, 5) is 14.0. The molecule has 0 bridgehead atoms. The van der Waals surface area contributed by atoms with Gasteiger partial charge in [-0.15, -0.1) is 0 Å². The molecule has 1 atom stereocenters. The zero-order valence-electron chi connectivity index (χ0n) is 10.4. The maximum atomic E-state index is 12.3. The molecule has 1 aromatic carbocycles. The van der Waals surface area contributed by atoms with Crippen LogP contribution in [0.2, 0.25) is 0 Å². The van der Waals surface area contributed by atoms with Crippen molar-refractivity contribution >= 4 is 11.6 Å². The van der Waals surface area contributed by atoms with Crippen molar-refractivity contribution in [3.8, 4) is 5.75 Å². The number of aliphatic hydroxyl groups is 1. The second-order valence-corrected chi connectivity index (χ2v) is 4.50. The average Bonchev–Trinajstić information content (AvgIpc) is 2.38. The van der Waals surface area contributed by atoms with Gasteiger partial charge in [0, 0.05) is 18.8 Å². The third kappa shape index (κ3) is 2.56. The molecule has 1 amide bonds. The van der Waals surface area contributed by atoms with E-state index in [1.807, 2.05) is 0 Å². The number of likely N-dealkylation sites (tertiary alicyclic amines) is 1. The van der Waals surface area contributed by atoms with Crippen molar-refractivity contribution in [2.75, 3.05) is 25.9 Å². The number of anilines is 1. The molecule has 5 heteroatoms. The van der Waals surface area contributed by atoms with Gasteiger partial charge in [0.2, 0.25) is 0 Å². The summed E-state index contributed by atoms with van der Waals surface area (Å²) in [5.41, 5.74) is 6.69. The van der Waals surface area contributed by atoms with Gasteiger partial charge in [-0.1, -0.05) is 0 Å². The largest absolute Gasteiger partial charge is 0.497 e. The summed E-state index contributed by atoms with van der Waals surface area (Å²) in [6.07, 6.45) is 1.13. The van der Waals surface area contributed by atoms with Crippen LogP contribution in [0, 0.1) is 0 Å². The first-order valence-corrected chi connectivity index (χ1v) is 6.02. The fourth-order valence-corrected chi connectivity index (χ4v) is 2.16. The van der Waals surface area contributed by atoms with Crippen molar-refractivity contribution < 1.29 is 14.6 Å². The van der Waals surface area contributed by atoms with E-state index in [1.54, 1.807) is 30.2 Å². The van der Waals surface area contributed by atoms with Crippen molar-refractivity contribution in [3.05, 3.63) is 23.8 Å². The Kier molecular flexibility index (Phi) is 3.72. The molecule has 0 saturated carbocycles. The molecule has 1 heterocycles. The lowest BCUT2D eigenvalue weighted by atomic mass is 10.1. The monoisotopic (exact) mass is 250 g/mol. The number of nitrogens with zero attached hydrogens (tertiary/aromatic N) is 1. The number of piperidine rings is 1. The van der Waals surface area contributed by atoms with Crippen molar-refractivity contribution in [3.63, 3.8) is 0 Å². The molecule has 1 aliphatic heterocycles. The predicted molar refractivity (Wildman–Crippen MR) is 68.6 cm³/mol. The van der Waals surface area contributed by atoms with Crippen LogP contribution in [-0.2, 0) is 0 Å². The number of nitrogens with two attached hydrogens (primary N) is 1. The van der Waals surface area contributed by atoms with Gasteiger partial charge in [-0.25, -0.2) is 0 Å². The molecule has 1 aromatic rings. The summed E-state index contributed by atoms with van der Waals surface area (Å²) in [5.74, 6) is 0.454. The van der Waals surface area contributed by atoms with Crippen LogP contribution < -0.4 is 10.5 Å². The van der Waals surface area contributed by atoms with Gasteiger partial charge in [0.15, 0.2) is 0 Å². The van der Waals surface area contributed by atoms with Crippen LogP contribution >= 0.6 is 0 Å². The van der Waals surface area contributed by atoms with Crippen LogP contribution in [0.4, 0.5) is 5.69 Å². The molecule has 5 nitrogen and oxygen atoms in total. The average molecular weight is 250 g/mol. The van der Waals surface area contributed by atoms with Crippen molar-refractivity contribution in [2.45, 2.75) is 18.9 Å². The molecule has 1 saturated heterocycles. The topological polar surface area (TPSA) is 75.8 Å². The van der Waals surface area contributed by atoms with Gasteiger partial charge in [0.1, 0.15) is 5.75 Å². The van der Waals surface area contributed by atoms with Gasteiger partial charge in [-0.05, 0) is 31.0 Å². The Hall–Kier alpha value is -1.75. The number of ether oxygens (including phenoxy) is 1. The van der Waals surface area contributed by atoms with Crippen molar-refractivity contribution in [1.29, 1.82) is 0 Å². The van der Waals surface area contributed by atoms with Crippen LogP contribution in [0.5, 0.6) is 5.75 Å². The van der Waals surface area contributed by atoms with Gasteiger partial charge in [0.25, 0.3) is 5.91 Å². The minimum atomic E-state index is -0.436. The molecule has 98 valence electrons. The second-order valence-electron chi connectivity index (χ2n) is 4.50. The van der Waals surface area contributed by atoms with E-state index in [4.69, 9.17) is 10.5 Å². The second kappa shape index (κ2) is 5.27. The maximum Gasteiger partial charge on any atom is 0.256 e. The maximum absolute atomic E-state index is 12.3. The van der Waals surface area contributed by atoms with E-state index >= 15 is 0 Å².